The summed E-state index contributed by atoms with van der Waals surface area (Å²) in [5, 5.41) is 0. The summed E-state index contributed by atoms with van der Waals surface area (Å²) in [5.41, 5.74) is 0. The van der Waals surface area contributed by atoms with Crippen LogP contribution < -0.4 is 0 Å². The lowest BCUT2D eigenvalue weighted by Crippen LogP contribution is -2.25. The lowest BCUT2D eigenvalue weighted by molar-refractivity contribution is -0.145. The summed E-state index contributed by atoms with van der Waals surface area (Å²) in [6, 6.07) is 0. The molecule has 1 heterocycles. The van der Waals surface area contributed by atoms with Crippen LogP contribution in [0.1, 0.15) is 32.6 Å². The second-order valence-corrected chi connectivity index (χ2v) is 3.69. The maximum atomic E-state index is 11.6. The fourth-order valence-corrected chi connectivity index (χ4v) is 1.66. The summed E-state index contributed by atoms with van der Waals surface area (Å²) in [6.07, 6.45) is 2.31. The lowest BCUT2D eigenvalue weighted by atomic mass is 9.95. The van der Waals surface area contributed by atoms with Crippen molar-refractivity contribution in [3.05, 3.63) is 0 Å². The molecule has 0 aliphatic carbocycles. The Morgan fingerprint density at radius 1 is 1.40 bits per heavy atom. The van der Waals surface area contributed by atoms with Gasteiger partial charge in [-0.1, -0.05) is 0 Å². The number of esters is 1. The predicted molar refractivity (Wildman–Crippen MR) is 54.4 cm³/mol. The second-order valence-electron chi connectivity index (χ2n) is 3.69. The van der Waals surface area contributed by atoms with Gasteiger partial charge in [-0.3, -0.25) is 9.59 Å². The van der Waals surface area contributed by atoms with Gasteiger partial charge in [-0.2, -0.15) is 0 Å². The van der Waals surface area contributed by atoms with Crippen molar-refractivity contribution < 1.29 is 19.1 Å². The number of carbonyl (C=O) groups excluding carboxylic acids is 2. The molecule has 86 valence electrons. The second kappa shape index (κ2) is 6.56. The van der Waals surface area contributed by atoms with Crippen molar-refractivity contribution in [3.63, 3.8) is 0 Å². The molecule has 1 aliphatic heterocycles. The first-order chi connectivity index (χ1) is 7.24. The van der Waals surface area contributed by atoms with Gasteiger partial charge in [0.05, 0.1) is 19.6 Å². The Hall–Kier alpha value is -0.900. The highest BCUT2D eigenvalue weighted by molar-refractivity contribution is 5.84. The van der Waals surface area contributed by atoms with Crippen molar-refractivity contribution >= 4 is 11.8 Å². The lowest BCUT2D eigenvalue weighted by Gasteiger charge is -2.20. The van der Waals surface area contributed by atoms with Crippen molar-refractivity contribution in [2.75, 3.05) is 19.8 Å². The Balaban J connectivity index is 2.19. The van der Waals surface area contributed by atoms with E-state index in [-0.39, 0.29) is 30.5 Å². The average Bonchev–Trinajstić information content (AvgIpc) is 2.27. The minimum atomic E-state index is -0.289. The molecule has 4 heteroatoms. The molecule has 0 N–H and O–H groups in total. The van der Waals surface area contributed by atoms with Crippen molar-refractivity contribution in [3.8, 4) is 0 Å². The van der Waals surface area contributed by atoms with Crippen LogP contribution in [0.5, 0.6) is 0 Å². The van der Waals surface area contributed by atoms with E-state index < -0.39 is 0 Å². The molecule has 0 radical (unpaired) electrons. The first-order valence-corrected chi connectivity index (χ1v) is 5.50. The molecule has 0 aromatic carbocycles. The largest absolute Gasteiger partial charge is 0.466 e. The zero-order chi connectivity index (χ0) is 11.1. The van der Waals surface area contributed by atoms with Gasteiger partial charge in [0, 0.05) is 18.9 Å². The fourth-order valence-electron chi connectivity index (χ4n) is 1.66. The minimum Gasteiger partial charge on any atom is -0.466 e. The first-order valence-electron chi connectivity index (χ1n) is 5.50. The molecule has 0 bridgehead atoms. The molecule has 1 aliphatic rings. The van der Waals surface area contributed by atoms with E-state index in [9.17, 15) is 9.59 Å². The Morgan fingerprint density at radius 2 is 2.20 bits per heavy atom. The molecule has 4 nitrogen and oxygen atoms in total. The average molecular weight is 214 g/mol. The zero-order valence-corrected chi connectivity index (χ0v) is 9.16. The van der Waals surface area contributed by atoms with Crippen LogP contribution in [-0.4, -0.2) is 31.6 Å². The van der Waals surface area contributed by atoms with Gasteiger partial charge in [0.1, 0.15) is 5.78 Å². The van der Waals surface area contributed by atoms with Gasteiger partial charge in [0.15, 0.2) is 0 Å². The highest BCUT2D eigenvalue weighted by atomic mass is 16.5. The Morgan fingerprint density at radius 3 is 2.80 bits per heavy atom. The van der Waals surface area contributed by atoms with Crippen LogP contribution in [0.15, 0.2) is 0 Å². The van der Waals surface area contributed by atoms with E-state index in [1.165, 1.54) is 0 Å². The van der Waals surface area contributed by atoms with Gasteiger partial charge < -0.3 is 9.47 Å². The molecule has 1 unspecified atom stereocenters. The number of hydrogen-bond donors (Lipinski definition) is 0. The molecule has 15 heavy (non-hydrogen) atoms. The summed E-state index contributed by atoms with van der Waals surface area (Å²) in [5.74, 6) is -0.168. The van der Waals surface area contributed by atoms with Crippen molar-refractivity contribution in [1.82, 2.24) is 0 Å². The molecular weight excluding hydrogens is 196 g/mol. The third kappa shape index (κ3) is 4.42. The van der Waals surface area contributed by atoms with Crippen LogP contribution in [0.3, 0.4) is 0 Å². The SMILES string of the molecule is CCOC(=O)CCC(=O)C1CCCOC1. The van der Waals surface area contributed by atoms with Crippen LogP contribution in [0, 0.1) is 5.92 Å². The summed E-state index contributed by atoms with van der Waals surface area (Å²) in [6.45, 7) is 3.40. The highest BCUT2D eigenvalue weighted by Gasteiger charge is 2.22. The molecule has 0 aromatic rings. The van der Waals surface area contributed by atoms with Crippen molar-refractivity contribution in [2.24, 2.45) is 5.92 Å². The van der Waals surface area contributed by atoms with E-state index >= 15 is 0 Å². The Bertz CT molecular complexity index is 219. The Labute approximate surface area is 89.9 Å². The van der Waals surface area contributed by atoms with Gasteiger partial charge in [-0.05, 0) is 19.8 Å². The summed E-state index contributed by atoms with van der Waals surface area (Å²) in [4.78, 5) is 22.6. The smallest absolute Gasteiger partial charge is 0.306 e. The van der Waals surface area contributed by atoms with Crippen LogP contribution in [0.4, 0.5) is 0 Å². The molecular formula is C11H18O4. The molecule has 0 aromatic heterocycles. The van der Waals surface area contributed by atoms with E-state index in [4.69, 9.17) is 9.47 Å². The number of ether oxygens (including phenoxy) is 2. The highest BCUT2D eigenvalue weighted by Crippen LogP contribution is 2.16. The van der Waals surface area contributed by atoms with E-state index in [1.54, 1.807) is 6.92 Å². The van der Waals surface area contributed by atoms with Gasteiger partial charge in [0.2, 0.25) is 0 Å². The van der Waals surface area contributed by atoms with E-state index in [0.29, 0.717) is 13.2 Å². The third-order valence-electron chi connectivity index (χ3n) is 2.50. The van der Waals surface area contributed by atoms with E-state index in [0.717, 1.165) is 19.4 Å². The van der Waals surface area contributed by atoms with Crippen molar-refractivity contribution in [2.45, 2.75) is 32.6 Å². The van der Waals surface area contributed by atoms with Gasteiger partial charge in [-0.25, -0.2) is 0 Å². The maximum absolute atomic E-state index is 11.6. The molecule has 0 spiro atoms. The predicted octanol–water partition coefficient (Wildman–Crippen LogP) is 1.33. The normalized spacial score (nSPS) is 21.0. The molecule has 1 atom stereocenters. The monoisotopic (exact) mass is 214 g/mol. The topological polar surface area (TPSA) is 52.6 Å². The van der Waals surface area contributed by atoms with Crippen LogP contribution in [0.2, 0.25) is 0 Å². The van der Waals surface area contributed by atoms with Crippen LogP contribution in [0.25, 0.3) is 0 Å². The third-order valence-corrected chi connectivity index (χ3v) is 2.50. The van der Waals surface area contributed by atoms with Crippen LogP contribution in [-0.2, 0) is 19.1 Å². The minimum absolute atomic E-state index is 0.00632. The number of rotatable bonds is 5. The summed E-state index contributed by atoms with van der Waals surface area (Å²) in [7, 11) is 0. The molecule has 0 amide bonds. The number of hydrogen-bond acceptors (Lipinski definition) is 4. The number of Topliss-reactive ketones (excluding diaryl/α,β-unsaturated/α-hetero) is 1. The van der Waals surface area contributed by atoms with Crippen LogP contribution >= 0.6 is 0 Å². The summed E-state index contributed by atoms with van der Waals surface area (Å²) >= 11 is 0. The van der Waals surface area contributed by atoms with E-state index in [2.05, 4.69) is 0 Å². The van der Waals surface area contributed by atoms with Gasteiger partial charge in [0.25, 0.3) is 0 Å². The number of carbonyl (C=O) groups is 2. The standard InChI is InChI=1S/C11H18O4/c1-2-15-11(13)6-5-10(12)9-4-3-7-14-8-9/h9H,2-8H2,1H3. The molecule has 1 fully saturated rings. The van der Waals surface area contributed by atoms with Crippen molar-refractivity contribution in [1.29, 1.82) is 0 Å². The zero-order valence-electron chi connectivity index (χ0n) is 9.16. The molecule has 0 saturated carbocycles. The first kappa shape index (κ1) is 12.2. The molecule has 1 rings (SSSR count). The quantitative estimate of drug-likeness (QED) is 0.648. The van der Waals surface area contributed by atoms with E-state index in [1.807, 2.05) is 0 Å². The maximum Gasteiger partial charge on any atom is 0.306 e. The number of ketones is 1. The summed E-state index contributed by atoms with van der Waals surface area (Å²) < 4.78 is 9.98. The fraction of sp³-hybridized carbons (Fsp3) is 0.818. The molecule has 1 saturated heterocycles. The Kier molecular flexibility index (Phi) is 5.32. The van der Waals surface area contributed by atoms with Gasteiger partial charge >= 0.3 is 5.97 Å². The van der Waals surface area contributed by atoms with Gasteiger partial charge in [-0.15, -0.1) is 0 Å².